The van der Waals surface area contributed by atoms with Crippen LogP contribution in [-0.4, -0.2) is 26.4 Å². The van der Waals surface area contributed by atoms with Crippen LogP contribution in [0.3, 0.4) is 0 Å². The van der Waals surface area contributed by atoms with E-state index in [9.17, 15) is 18.5 Å². The van der Waals surface area contributed by atoms with Gasteiger partial charge in [-0.25, -0.2) is 13.1 Å². The smallest absolute Gasteiger partial charge is 0.291 e. The van der Waals surface area contributed by atoms with E-state index in [2.05, 4.69) is 10.0 Å². The molecule has 8 heteroatoms. The van der Waals surface area contributed by atoms with Crippen molar-refractivity contribution in [2.45, 2.75) is 37.1 Å². The van der Waals surface area contributed by atoms with Crippen molar-refractivity contribution in [3.63, 3.8) is 0 Å². The van der Waals surface area contributed by atoms with Crippen molar-refractivity contribution < 1.29 is 13.3 Å². The van der Waals surface area contributed by atoms with Gasteiger partial charge in [0.1, 0.15) is 0 Å². The first kappa shape index (κ1) is 15.7. The second-order valence-corrected chi connectivity index (χ2v) is 6.97. The van der Waals surface area contributed by atoms with Gasteiger partial charge in [-0.3, -0.25) is 10.1 Å². The Kier molecular flexibility index (Phi) is 4.48. The summed E-state index contributed by atoms with van der Waals surface area (Å²) < 4.78 is 27.3. The molecule has 0 aliphatic heterocycles. The molecule has 1 saturated carbocycles. The number of rotatable bonds is 6. The number of benzene rings is 1. The van der Waals surface area contributed by atoms with Crippen LogP contribution in [-0.2, 0) is 10.0 Å². The molecule has 0 radical (unpaired) electrons. The molecule has 1 fully saturated rings. The highest BCUT2D eigenvalue weighted by Crippen LogP contribution is 2.31. The topological polar surface area (TPSA) is 101 Å². The summed E-state index contributed by atoms with van der Waals surface area (Å²) >= 11 is 0. The normalized spacial score (nSPS) is 17.0. The molecule has 0 amide bonds. The maximum absolute atomic E-state index is 12.4. The molecular formula is C13H19N3O4S. The van der Waals surface area contributed by atoms with Gasteiger partial charge in [0.05, 0.1) is 4.92 Å². The Bertz CT molecular complexity index is 641. The Labute approximate surface area is 123 Å². The highest BCUT2D eigenvalue weighted by atomic mass is 32.2. The van der Waals surface area contributed by atoms with Gasteiger partial charge in [-0.15, -0.1) is 0 Å². The minimum absolute atomic E-state index is 0.215. The van der Waals surface area contributed by atoms with Crippen LogP contribution in [0.25, 0.3) is 0 Å². The zero-order chi connectivity index (χ0) is 15.6. The third-order valence-corrected chi connectivity index (χ3v) is 5.54. The fourth-order valence-electron chi connectivity index (χ4n) is 2.39. The largest absolute Gasteiger partial charge is 0.388 e. The van der Waals surface area contributed by atoms with Crippen molar-refractivity contribution in [2.24, 2.45) is 5.92 Å². The van der Waals surface area contributed by atoms with Gasteiger partial charge in [0, 0.05) is 24.8 Å². The number of nitrogens with one attached hydrogen (secondary N) is 2. The second kappa shape index (κ2) is 5.98. The molecule has 0 aromatic heterocycles. The molecule has 2 N–H and O–H groups in total. The molecule has 1 aliphatic carbocycles. The molecule has 1 atom stereocenters. The fourth-order valence-corrected chi connectivity index (χ4v) is 3.85. The third kappa shape index (κ3) is 3.33. The number of anilines is 1. The number of nitro groups is 1. The summed E-state index contributed by atoms with van der Waals surface area (Å²) in [5.74, 6) is 0.315. The van der Waals surface area contributed by atoms with Gasteiger partial charge in [-0.05, 0) is 37.8 Å². The maximum Gasteiger partial charge on any atom is 0.291 e. The Hall–Kier alpha value is -1.67. The van der Waals surface area contributed by atoms with Crippen molar-refractivity contribution in [2.75, 3.05) is 12.4 Å². The van der Waals surface area contributed by atoms with E-state index in [1.54, 1.807) is 14.0 Å². The first-order chi connectivity index (χ1) is 9.85. The molecule has 1 aromatic rings. The number of hydrogen-bond donors (Lipinski definition) is 2. The molecule has 7 nitrogen and oxygen atoms in total. The van der Waals surface area contributed by atoms with Crippen LogP contribution in [0.4, 0.5) is 11.4 Å². The van der Waals surface area contributed by atoms with Crippen LogP contribution in [0.5, 0.6) is 0 Å². The highest BCUT2D eigenvalue weighted by Gasteiger charge is 2.31. The standard InChI is InChI=1S/C13H19N3O4S/c1-9(10-4-3-5-10)15-21(19,20)13-7-6-11(14-2)8-12(13)16(17)18/h6-10,14-15H,3-5H2,1-2H3. The van der Waals surface area contributed by atoms with Gasteiger partial charge in [-0.1, -0.05) is 6.42 Å². The summed E-state index contributed by atoms with van der Waals surface area (Å²) in [7, 11) is -2.29. The van der Waals surface area contributed by atoms with Gasteiger partial charge in [0.15, 0.2) is 4.90 Å². The number of hydrogen-bond acceptors (Lipinski definition) is 5. The van der Waals surface area contributed by atoms with Gasteiger partial charge < -0.3 is 5.32 Å². The number of nitro benzene ring substituents is 1. The summed E-state index contributed by atoms with van der Waals surface area (Å²) in [4.78, 5) is 10.1. The number of nitrogens with zero attached hydrogens (tertiary/aromatic N) is 1. The van der Waals surface area contributed by atoms with Crippen LogP contribution < -0.4 is 10.0 Å². The lowest BCUT2D eigenvalue weighted by Crippen LogP contribution is -2.40. The third-order valence-electron chi connectivity index (χ3n) is 3.93. The zero-order valence-corrected chi connectivity index (χ0v) is 12.8. The number of sulfonamides is 1. The van der Waals surface area contributed by atoms with Gasteiger partial charge >= 0.3 is 0 Å². The average Bonchev–Trinajstić information content (AvgIpc) is 2.34. The molecular weight excluding hydrogens is 294 g/mol. The van der Waals surface area contributed by atoms with E-state index in [4.69, 9.17) is 0 Å². The Morgan fingerprint density at radius 1 is 1.38 bits per heavy atom. The highest BCUT2D eigenvalue weighted by molar-refractivity contribution is 7.89. The fraction of sp³-hybridized carbons (Fsp3) is 0.538. The van der Waals surface area contributed by atoms with Crippen LogP contribution in [0.1, 0.15) is 26.2 Å². The zero-order valence-electron chi connectivity index (χ0n) is 12.0. The summed E-state index contributed by atoms with van der Waals surface area (Å²) in [6.45, 7) is 1.80. The predicted molar refractivity (Wildman–Crippen MR) is 79.8 cm³/mol. The van der Waals surface area contributed by atoms with E-state index in [-0.39, 0.29) is 10.9 Å². The summed E-state index contributed by atoms with van der Waals surface area (Å²) in [6.07, 6.45) is 3.09. The van der Waals surface area contributed by atoms with Crippen molar-refractivity contribution in [1.29, 1.82) is 0 Å². The van der Waals surface area contributed by atoms with Gasteiger partial charge in [0.25, 0.3) is 5.69 Å². The van der Waals surface area contributed by atoms with Crippen molar-refractivity contribution in [1.82, 2.24) is 4.72 Å². The van der Waals surface area contributed by atoms with E-state index in [1.165, 1.54) is 18.2 Å². The molecule has 0 spiro atoms. The molecule has 1 aromatic carbocycles. The van der Waals surface area contributed by atoms with E-state index < -0.39 is 20.6 Å². The van der Waals surface area contributed by atoms with E-state index >= 15 is 0 Å². The molecule has 0 saturated heterocycles. The van der Waals surface area contributed by atoms with Crippen LogP contribution in [0.15, 0.2) is 23.1 Å². The Morgan fingerprint density at radius 2 is 2.05 bits per heavy atom. The molecule has 116 valence electrons. The van der Waals surface area contributed by atoms with Crippen LogP contribution in [0.2, 0.25) is 0 Å². The molecule has 1 aliphatic rings. The van der Waals surface area contributed by atoms with Crippen LogP contribution >= 0.6 is 0 Å². The second-order valence-electron chi connectivity index (χ2n) is 5.29. The van der Waals surface area contributed by atoms with Gasteiger partial charge in [0.2, 0.25) is 10.0 Å². The van der Waals surface area contributed by atoms with E-state index in [0.717, 1.165) is 19.3 Å². The average molecular weight is 313 g/mol. The van der Waals surface area contributed by atoms with Gasteiger partial charge in [-0.2, -0.15) is 0 Å². The minimum atomic E-state index is -3.90. The van der Waals surface area contributed by atoms with Crippen molar-refractivity contribution in [3.05, 3.63) is 28.3 Å². The maximum atomic E-state index is 12.4. The molecule has 1 unspecified atom stereocenters. The SMILES string of the molecule is CNc1ccc(S(=O)(=O)NC(C)C2CCC2)c([N+](=O)[O-])c1. The predicted octanol–water partition coefficient (Wildman–Crippen LogP) is 2.10. The van der Waals surface area contributed by atoms with E-state index in [1.807, 2.05) is 0 Å². The lowest BCUT2D eigenvalue weighted by atomic mass is 9.81. The summed E-state index contributed by atoms with van der Waals surface area (Å²) in [5, 5.41) is 13.9. The molecule has 2 rings (SSSR count). The monoisotopic (exact) mass is 313 g/mol. The summed E-state index contributed by atoms with van der Waals surface area (Å²) in [6, 6.07) is 3.78. The first-order valence-corrected chi connectivity index (χ1v) is 8.32. The lowest BCUT2D eigenvalue weighted by Gasteiger charge is -2.31. The van der Waals surface area contributed by atoms with Crippen molar-refractivity contribution in [3.8, 4) is 0 Å². The lowest BCUT2D eigenvalue weighted by molar-refractivity contribution is -0.387. The molecule has 21 heavy (non-hydrogen) atoms. The Balaban J connectivity index is 2.32. The minimum Gasteiger partial charge on any atom is -0.388 e. The van der Waals surface area contributed by atoms with Crippen molar-refractivity contribution >= 4 is 21.4 Å². The first-order valence-electron chi connectivity index (χ1n) is 6.83. The Morgan fingerprint density at radius 3 is 2.52 bits per heavy atom. The molecule has 0 bridgehead atoms. The van der Waals surface area contributed by atoms with E-state index in [0.29, 0.717) is 11.6 Å². The summed E-state index contributed by atoms with van der Waals surface area (Å²) in [5.41, 5.74) is 0.0721. The molecule has 0 heterocycles. The van der Waals surface area contributed by atoms with Crippen LogP contribution in [0, 0.1) is 16.0 Å². The quantitative estimate of drug-likeness (QED) is 0.618.